The van der Waals surface area contributed by atoms with Crippen molar-refractivity contribution in [3.63, 3.8) is 0 Å². The van der Waals surface area contributed by atoms with Gasteiger partial charge in [-0.25, -0.2) is 0 Å². The van der Waals surface area contributed by atoms with Crippen molar-refractivity contribution >= 4 is 0 Å². The Labute approximate surface area is 109 Å². The minimum atomic E-state index is 0.356. The molecule has 0 spiro atoms. The Hall–Kier alpha value is -1.06. The Morgan fingerprint density at radius 2 is 1.94 bits per heavy atom. The molecule has 3 nitrogen and oxygen atoms in total. The first-order valence-corrected chi connectivity index (χ1v) is 7.04. The number of nitrogens with two attached hydrogens (primary N) is 1. The van der Waals surface area contributed by atoms with Gasteiger partial charge in [-0.05, 0) is 50.4 Å². The van der Waals surface area contributed by atoms with Crippen molar-refractivity contribution in [3.8, 4) is 5.75 Å². The van der Waals surface area contributed by atoms with Gasteiger partial charge in [0.2, 0.25) is 0 Å². The molecular formula is C15H22N2O. The van der Waals surface area contributed by atoms with E-state index in [9.17, 15) is 0 Å². The van der Waals surface area contributed by atoms with Gasteiger partial charge < -0.3 is 10.5 Å². The van der Waals surface area contributed by atoms with E-state index in [1.54, 1.807) is 0 Å². The normalized spacial score (nSPS) is 25.5. The first-order valence-electron chi connectivity index (χ1n) is 7.04. The summed E-state index contributed by atoms with van der Waals surface area (Å²) in [5.41, 5.74) is 7.29. The number of ether oxygens (including phenoxy) is 1. The van der Waals surface area contributed by atoms with Crippen molar-refractivity contribution in [2.45, 2.75) is 37.8 Å². The number of piperidine rings is 1. The van der Waals surface area contributed by atoms with Crippen LogP contribution in [0.1, 0.15) is 24.8 Å². The molecule has 0 bridgehead atoms. The fraction of sp³-hybridized carbons (Fsp3) is 0.600. The Kier molecular flexibility index (Phi) is 3.52. The first-order chi connectivity index (χ1) is 8.81. The van der Waals surface area contributed by atoms with Crippen LogP contribution >= 0.6 is 0 Å². The van der Waals surface area contributed by atoms with Gasteiger partial charge in [0, 0.05) is 12.6 Å². The molecule has 2 aliphatic heterocycles. The van der Waals surface area contributed by atoms with Crippen LogP contribution < -0.4 is 10.5 Å². The van der Waals surface area contributed by atoms with Gasteiger partial charge in [-0.2, -0.15) is 0 Å². The molecule has 1 atom stereocenters. The summed E-state index contributed by atoms with van der Waals surface area (Å²) in [6.07, 6.45) is 4.90. The molecule has 1 fully saturated rings. The average molecular weight is 246 g/mol. The lowest BCUT2D eigenvalue weighted by atomic mass is 10.0. The number of aryl methyl sites for hydroxylation is 1. The molecule has 1 saturated heterocycles. The maximum Gasteiger partial charge on any atom is 0.122 e. The van der Waals surface area contributed by atoms with E-state index in [1.807, 2.05) is 0 Å². The summed E-state index contributed by atoms with van der Waals surface area (Å²) in [4.78, 5) is 2.50. The SMILES string of the molecule is NC1CCN(CC2CCc3ccccc3O2)CC1. The molecule has 3 heteroatoms. The lowest BCUT2D eigenvalue weighted by Gasteiger charge is -2.34. The van der Waals surface area contributed by atoms with E-state index in [1.165, 1.54) is 5.56 Å². The van der Waals surface area contributed by atoms with Crippen LogP contribution in [0.5, 0.6) is 5.75 Å². The summed E-state index contributed by atoms with van der Waals surface area (Å²) in [7, 11) is 0. The first kappa shape index (κ1) is 12.0. The quantitative estimate of drug-likeness (QED) is 0.865. The minimum Gasteiger partial charge on any atom is -0.489 e. The summed E-state index contributed by atoms with van der Waals surface area (Å²) in [5, 5.41) is 0. The van der Waals surface area contributed by atoms with E-state index in [0.29, 0.717) is 12.1 Å². The van der Waals surface area contributed by atoms with E-state index >= 15 is 0 Å². The van der Waals surface area contributed by atoms with Crippen LogP contribution in [0.4, 0.5) is 0 Å². The third kappa shape index (κ3) is 2.68. The lowest BCUT2D eigenvalue weighted by molar-refractivity contribution is 0.0994. The minimum absolute atomic E-state index is 0.356. The van der Waals surface area contributed by atoms with Crippen molar-refractivity contribution in [2.75, 3.05) is 19.6 Å². The summed E-state index contributed by atoms with van der Waals surface area (Å²) >= 11 is 0. The Morgan fingerprint density at radius 3 is 2.78 bits per heavy atom. The number of para-hydroxylation sites is 1. The van der Waals surface area contributed by atoms with Crippen molar-refractivity contribution in [3.05, 3.63) is 29.8 Å². The molecule has 2 N–H and O–H groups in total. The van der Waals surface area contributed by atoms with Crippen LogP contribution in [0.25, 0.3) is 0 Å². The molecule has 1 unspecified atom stereocenters. The van der Waals surface area contributed by atoms with E-state index in [4.69, 9.17) is 10.5 Å². The van der Waals surface area contributed by atoms with E-state index in [2.05, 4.69) is 29.2 Å². The Morgan fingerprint density at radius 1 is 1.17 bits per heavy atom. The molecule has 3 rings (SSSR count). The van der Waals surface area contributed by atoms with Crippen LogP contribution in [-0.4, -0.2) is 36.7 Å². The van der Waals surface area contributed by atoms with Crippen LogP contribution in [0.2, 0.25) is 0 Å². The predicted octanol–water partition coefficient (Wildman–Crippen LogP) is 1.80. The third-order valence-corrected chi connectivity index (χ3v) is 4.10. The standard InChI is InChI=1S/C15H22N2O/c16-13-7-9-17(10-8-13)11-14-6-5-12-3-1-2-4-15(12)18-14/h1-4,13-14H,5-11,16H2. The number of rotatable bonds is 2. The molecule has 1 aromatic rings. The fourth-order valence-corrected chi connectivity index (χ4v) is 2.93. The Bertz CT molecular complexity index is 399. The van der Waals surface area contributed by atoms with Crippen molar-refractivity contribution in [1.29, 1.82) is 0 Å². The van der Waals surface area contributed by atoms with E-state index < -0.39 is 0 Å². The van der Waals surface area contributed by atoms with Crippen molar-refractivity contribution < 1.29 is 4.74 Å². The summed E-state index contributed by atoms with van der Waals surface area (Å²) in [6.45, 7) is 3.31. The van der Waals surface area contributed by atoms with Gasteiger partial charge in [0.15, 0.2) is 0 Å². The van der Waals surface area contributed by atoms with Gasteiger partial charge in [-0.1, -0.05) is 18.2 Å². The van der Waals surface area contributed by atoms with Crippen LogP contribution in [0.15, 0.2) is 24.3 Å². The highest BCUT2D eigenvalue weighted by Gasteiger charge is 2.23. The molecule has 0 aliphatic carbocycles. The van der Waals surface area contributed by atoms with Crippen molar-refractivity contribution in [1.82, 2.24) is 4.90 Å². The van der Waals surface area contributed by atoms with E-state index in [-0.39, 0.29) is 0 Å². The highest BCUT2D eigenvalue weighted by atomic mass is 16.5. The summed E-state index contributed by atoms with van der Waals surface area (Å²) in [5.74, 6) is 1.09. The van der Waals surface area contributed by atoms with Crippen molar-refractivity contribution in [2.24, 2.45) is 5.73 Å². The molecule has 0 aromatic heterocycles. The zero-order valence-corrected chi connectivity index (χ0v) is 10.8. The molecule has 2 aliphatic rings. The molecule has 98 valence electrons. The average Bonchev–Trinajstić information content (AvgIpc) is 2.41. The maximum atomic E-state index is 6.09. The second-order valence-electron chi connectivity index (χ2n) is 5.52. The van der Waals surface area contributed by atoms with Gasteiger partial charge in [-0.15, -0.1) is 0 Å². The highest BCUT2D eigenvalue weighted by molar-refractivity contribution is 5.35. The van der Waals surface area contributed by atoms with Gasteiger partial charge in [0.25, 0.3) is 0 Å². The smallest absolute Gasteiger partial charge is 0.122 e. The van der Waals surface area contributed by atoms with E-state index in [0.717, 1.165) is 51.1 Å². The maximum absolute atomic E-state index is 6.09. The third-order valence-electron chi connectivity index (χ3n) is 4.10. The number of fused-ring (bicyclic) bond motifs is 1. The molecule has 0 saturated carbocycles. The van der Waals surface area contributed by atoms with Crippen LogP contribution in [-0.2, 0) is 6.42 Å². The van der Waals surface area contributed by atoms with Crippen LogP contribution in [0, 0.1) is 0 Å². The molecule has 2 heterocycles. The second-order valence-corrected chi connectivity index (χ2v) is 5.52. The monoisotopic (exact) mass is 246 g/mol. The molecule has 1 aromatic carbocycles. The molecule has 0 radical (unpaired) electrons. The molecule has 0 amide bonds. The molecule has 18 heavy (non-hydrogen) atoms. The number of nitrogens with zero attached hydrogens (tertiary/aromatic N) is 1. The summed E-state index contributed by atoms with van der Waals surface area (Å²) < 4.78 is 6.09. The second kappa shape index (κ2) is 5.29. The number of hydrogen-bond acceptors (Lipinski definition) is 3. The number of hydrogen-bond donors (Lipinski definition) is 1. The largest absolute Gasteiger partial charge is 0.489 e. The zero-order valence-electron chi connectivity index (χ0n) is 10.8. The predicted molar refractivity (Wildman–Crippen MR) is 72.8 cm³/mol. The molecular weight excluding hydrogens is 224 g/mol. The van der Waals surface area contributed by atoms with Gasteiger partial charge in [-0.3, -0.25) is 4.90 Å². The number of likely N-dealkylation sites (tertiary alicyclic amines) is 1. The van der Waals surface area contributed by atoms with Gasteiger partial charge in [0.05, 0.1) is 0 Å². The lowest BCUT2D eigenvalue weighted by Crippen LogP contribution is -2.44. The fourth-order valence-electron chi connectivity index (χ4n) is 2.93. The van der Waals surface area contributed by atoms with Crippen LogP contribution in [0.3, 0.4) is 0 Å². The topological polar surface area (TPSA) is 38.5 Å². The zero-order chi connectivity index (χ0) is 12.4. The number of benzene rings is 1. The van der Waals surface area contributed by atoms with Gasteiger partial charge >= 0.3 is 0 Å². The highest BCUT2D eigenvalue weighted by Crippen LogP contribution is 2.27. The summed E-state index contributed by atoms with van der Waals surface area (Å²) in [6, 6.07) is 8.82. The Balaban J connectivity index is 1.56. The van der Waals surface area contributed by atoms with Gasteiger partial charge in [0.1, 0.15) is 11.9 Å².